The van der Waals surface area contributed by atoms with Crippen molar-refractivity contribution < 1.29 is 63.3 Å². The average Bonchev–Trinajstić information content (AvgIpc) is 3.72. The van der Waals surface area contributed by atoms with Crippen LogP contribution in [0.1, 0.15) is 71.3 Å². The first kappa shape index (κ1) is 58.0. The summed E-state index contributed by atoms with van der Waals surface area (Å²) < 4.78 is 0. The van der Waals surface area contributed by atoms with Crippen LogP contribution in [-0.4, -0.2) is 174 Å². The molecule has 10 amide bonds. The number of aliphatic hydroxyl groups excluding tert-OH is 3. The van der Waals surface area contributed by atoms with E-state index in [-0.39, 0.29) is 70.5 Å². The Labute approximate surface area is 405 Å². The summed E-state index contributed by atoms with van der Waals surface area (Å²) in [6.07, 6.45) is -2.80. The first-order valence-corrected chi connectivity index (χ1v) is 23.3. The average molecular weight is 990 g/mol. The molecule has 0 saturated carbocycles. The van der Waals surface area contributed by atoms with E-state index in [0.717, 1.165) is 0 Å². The predicted molar refractivity (Wildman–Crippen MR) is 250 cm³/mol. The Kier molecular flexibility index (Phi) is 23.5. The van der Waals surface area contributed by atoms with Crippen molar-refractivity contribution in [3.8, 4) is 0 Å². The molecule has 26 nitrogen and oxygen atoms in total. The molecule has 70 heavy (non-hydrogen) atoms. The third kappa shape index (κ3) is 17.3. The van der Waals surface area contributed by atoms with Gasteiger partial charge in [-0.1, -0.05) is 44.2 Å². The zero-order valence-electron chi connectivity index (χ0n) is 39.7. The van der Waals surface area contributed by atoms with Gasteiger partial charge in [0, 0.05) is 19.4 Å². The fourth-order valence-corrected chi connectivity index (χ4v) is 7.65. The minimum absolute atomic E-state index is 0.0557. The lowest BCUT2D eigenvalue weighted by Crippen LogP contribution is -2.63. The monoisotopic (exact) mass is 990 g/mol. The van der Waals surface area contributed by atoms with Crippen LogP contribution < -0.4 is 70.4 Å². The number of hydrogen-bond acceptors (Lipinski definition) is 16. The third-order valence-corrected chi connectivity index (χ3v) is 11.6. The van der Waals surface area contributed by atoms with Crippen molar-refractivity contribution in [2.45, 2.75) is 132 Å². The number of rotatable bonds is 17. The molecule has 2 fully saturated rings. The van der Waals surface area contributed by atoms with E-state index >= 15 is 0 Å². The summed E-state index contributed by atoms with van der Waals surface area (Å²) in [5.41, 5.74) is 16.3. The highest BCUT2D eigenvalue weighted by molar-refractivity contribution is 6.00. The molecule has 19 N–H and O–H groups in total. The van der Waals surface area contributed by atoms with Crippen molar-refractivity contribution in [2.24, 2.45) is 23.1 Å². The van der Waals surface area contributed by atoms with Crippen LogP contribution in [0.25, 0.3) is 0 Å². The van der Waals surface area contributed by atoms with Gasteiger partial charge in [0.05, 0.1) is 19.3 Å². The number of carbonyl (C=O) groups excluding carboxylic acids is 10. The van der Waals surface area contributed by atoms with Gasteiger partial charge in [-0.2, -0.15) is 0 Å². The topological polar surface area (TPSA) is 430 Å². The molecule has 0 aliphatic carbocycles. The van der Waals surface area contributed by atoms with Gasteiger partial charge in [-0.15, -0.1) is 0 Å². The van der Waals surface area contributed by atoms with Crippen LogP contribution in [0.4, 0.5) is 0 Å². The van der Waals surface area contributed by atoms with Gasteiger partial charge in [0.1, 0.15) is 53.9 Å². The van der Waals surface area contributed by atoms with Gasteiger partial charge in [-0.25, -0.2) is 0 Å². The summed E-state index contributed by atoms with van der Waals surface area (Å²) in [5, 5.41) is 55.6. The zero-order chi connectivity index (χ0) is 52.1. The lowest BCUT2D eigenvalue weighted by Gasteiger charge is -2.29. The number of hydrogen-bond donors (Lipinski definition) is 16. The molecule has 0 aromatic heterocycles. The van der Waals surface area contributed by atoms with Gasteiger partial charge in [0.2, 0.25) is 59.1 Å². The van der Waals surface area contributed by atoms with Gasteiger partial charge >= 0.3 is 0 Å². The van der Waals surface area contributed by atoms with Crippen molar-refractivity contribution in [1.82, 2.24) is 53.2 Å². The van der Waals surface area contributed by atoms with Crippen LogP contribution in [0.2, 0.25) is 0 Å². The van der Waals surface area contributed by atoms with E-state index in [1.54, 1.807) is 44.2 Å². The second-order valence-corrected chi connectivity index (χ2v) is 17.7. The molecule has 10 atom stereocenters. The summed E-state index contributed by atoms with van der Waals surface area (Å²) in [7, 11) is 0. The number of amides is 10. The van der Waals surface area contributed by atoms with Crippen LogP contribution >= 0.6 is 0 Å². The van der Waals surface area contributed by atoms with E-state index in [0.29, 0.717) is 5.56 Å². The SMILES string of the molecule is CC(C)C[C@@H]1NC(=O)[C@@H](Cc2ccccc2)NC(=O)[C@H](CCN)NC(=O)[C@@H](NC(=O)[C@@H](CO)NC(=O)[C@@]2(CO)CCC(=O)N2)CCNC(=O)[C@H]([C@@H](C)O)NC(=O)[C@H](CCN)NC(=O)[C@H](CCN)NC1=O. The lowest BCUT2D eigenvalue weighted by atomic mass is 9.97. The molecule has 2 aliphatic heterocycles. The normalized spacial score (nSPS) is 26.7. The number of nitrogens with two attached hydrogens (primary N) is 3. The smallest absolute Gasteiger partial charge is 0.248 e. The highest BCUT2D eigenvalue weighted by Crippen LogP contribution is 2.20. The number of aliphatic hydroxyl groups is 3. The Morgan fingerprint density at radius 1 is 0.700 bits per heavy atom. The van der Waals surface area contributed by atoms with Gasteiger partial charge in [0.15, 0.2) is 0 Å². The van der Waals surface area contributed by atoms with Crippen LogP contribution in [-0.2, 0) is 54.4 Å². The highest BCUT2D eigenvalue weighted by atomic mass is 16.3. The molecule has 0 unspecified atom stereocenters. The third-order valence-electron chi connectivity index (χ3n) is 11.6. The Morgan fingerprint density at radius 2 is 1.20 bits per heavy atom. The number of carbonyl (C=O) groups is 10. The van der Waals surface area contributed by atoms with E-state index in [9.17, 15) is 63.3 Å². The van der Waals surface area contributed by atoms with E-state index in [1.807, 2.05) is 0 Å². The molecule has 0 bridgehead atoms. The highest BCUT2D eigenvalue weighted by Gasteiger charge is 2.45. The molecule has 1 aromatic carbocycles. The molecule has 0 radical (unpaired) electrons. The van der Waals surface area contributed by atoms with Crippen LogP contribution in [0.5, 0.6) is 0 Å². The molecular formula is C44H71N13O13. The number of nitrogens with one attached hydrogen (secondary N) is 10. The molecule has 1 aromatic rings. The largest absolute Gasteiger partial charge is 0.394 e. The lowest BCUT2D eigenvalue weighted by molar-refractivity contribution is -0.137. The van der Waals surface area contributed by atoms with Crippen molar-refractivity contribution in [1.29, 1.82) is 0 Å². The summed E-state index contributed by atoms with van der Waals surface area (Å²) in [5.74, 6) is -9.26. The van der Waals surface area contributed by atoms with E-state index in [2.05, 4.69) is 53.2 Å². The standard InChI is InChI=1S/C44H71N13O13/c1-23(2)19-30-39(66)51-26(10-15-45)35(62)50-28(12-17-47)38(65)56-34(24(3)60)42(69)48-18-13-29(52-41(68)32(21-58)55-43(70)44(22-59)14-9-33(61)57-44)37(64)49-27(11-16-46)36(63)54-31(40(67)53-30)20-25-7-5-4-6-8-25/h4-8,23-24,26-32,34,58-60H,9-22,45-47H2,1-3H3,(H,48,69)(H,49,64)(H,50,62)(H,51,66)(H,52,68)(H,53,67)(H,54,63)(H,55,70)(H,56,65)(H,57,61)/t24-,26+,27+,28+,29+,30+,31-,32-,34+,44+/m1/s1. The Hall–Kier alpha value is -6.32. The Bertz CT molecular complexity index is 1990. The number of benzene rings is 1. The summed E-state index contributed by atoms with van der Waals surface area (Å²) >= 11 is 0. The molecule has 2 aliphatic rings. The fourth-order valence-electron chi connectivity index (χ4n) is 7.65. The predicted octanol–water partition coefficient (Wildman–Crippen LogP) is -7.27. The quantitative estimate of drug-likeness (QED) is 0.0690. The first-order valence-electron chi connectivity index (χ1n) is 23.3. The van der Waals surface area contributed by atoms with Gasteiger partial charge in [0.25, 0.3) is 0 Å². The minimum Gasteiger partial charge on any atom is -0.394 e. The molecule has 0 spiro atoms. The maximum absolute atomic E-state index is 14.3. The van der Waals surface area contributed by atoms with Crippen LogP contribution in [0.3, 0.4) is 0 Å². The van der Waals surface area contributed by atoms with Crippen molar-refractivity contribution in [2.75, 3.05) is 39.4 Å². The Morgan fingerprint density at radius 3 is 1.69 bits per heavy atom. The molecular weight excluding hydrogens is 919 g/mol. The van der Waals surface area contributed by atoms with E-state index in [4.69, 9.17) is 17.2 Å². The van der Waals surface area contributed by atoms with Crippen LogP contribution in [0, 0.1) is 5.92 Å². The summed E-state index contributed by atoms with van der Waals surface area (Å²) in [6, 6.07) is -3.46. The summed E-state index contributed by atoms with van der Waals surface area (Å²) in [6.45, 7) is 2.01. The van der Waals surface area contributed by atoms with Crippen molar-refractivity contribution in [3.63, 3.8) is 0 Å². The molecule has 390 valence electrons. The fraction of sp³-hybridized carbons (Fsp3) is 0.636. The zero-order valence-corrected chi connectivity index (χ0v) is 39.7. The first-order chi connectivity index (χ1) is 33.2. The second kappa shape index (κ2) is 28.4. The molecule has 26 heteroatoms. The Balaban J connectivity index is 2.11. The van der Waals surface area contributed by atoms with Gasteiger partial charge in [-0.05, 0) is 76.6 Å². The second-order valence-electron chi connectivity index (χ2n) is 17.7. The van der Waals surface area contributed by atoms with Crippen LogP contribution in [0.15, 0.2) is 30.3 Å². The van der Waals surface area contributed by atoms with Crippen molar-refractivity contribution in [3.05, 3.63) is 35.9 Å². The van der Waals surface area contributed by atoms with Gasteiger partial charge < -0.3 is 85.7 Å². The molecule has 2 saturated heterocycles. The van der Waals surface area contributed by atoms with Gasteiger partial charge in [-0.3, -0.25) is 47.9 Å². The minimum atomic E-state index is -1.81. The molecule has 2 heterocycles. The molecule has 3 rings (SSSR count). The van der Waals surface area contributed by atoms with E-state index < -0.39 is 145 Å². The summed E-state index contributed by atoms with van der Waals surface area (Å²) in [4.78, 5) is 137. The maximum Gasteiger partial charge on any atom is 0.248 e. The maximum atomic E-state index is 14.3. The van der Waals surface area contributed by atoms with Crippen molar-refractivity contribution >= 4 is 59.1 Å². The van der Waals surface area contributed by atoms with E-state index in [1.165, 1.54) is 6.92 Å².